The fourth-order valence-corrected chi connectivity index (χ4v) is 2.28. The highest BCUT2D eigenvalue weighted by atomic mass is 16.2. The molecule has 0 aliphatic heterocycles. The lowest BCUT2D eigenvalue weighted by molar-refractivity contribution is 0.350. The van der Waals surface area contributed by atoms with Gasteiger partial charge in [0, 0.05) is 27.8 Å². The number of hydrogen-bond donors (Lipinski definition) is 1. The van der Waals surface area contributed by atoms with E-state index < -0.39 is 0 Å². The third-order valence-corrected chi connectivity index (χ3v) is 3.58. The van der Waals surface area contributed by atoms with Crippen LogP contribution in [0.15, 0.2) is 78.9 Å². The summed E-state index contributed by atoms with van der Waals surface area (Å²) in [4.78, 5) is 0. The Hall–Kier alpha value is -3.70. The monoisotopic (exact) mass is 332 g/mol. The van der Waals surface area contributed by atoms with Gasteiger partial charge in [-0.15, -0.1) is 0 Å². The second-order valence-electron chi connectivity index (χ2n) is 5.45. The molecule has 0 atom stereocenters. The van der Waals surface area contributed by atoms with E-state index in [4.69, 9.17) is 5.11 Å². The highest BCUT2D eigenvalue weighted by Crippen LogP contribution is 2.07. The Morgan fingerprint density at radius 2 is 0.962 bits per heavy atom. The summed E-state index contributed by atoms with van der Waals surface area (Å²) >= 11 is 0. The highest BCUT2D eigenvalue weighted by molar-refractivity contribution is 5.53. The number of aliphatic hydroxyl groups excluding tert-OH is 1. The van der Waals surface area contributed by atoms with E-state index in [1.54, 1.807) is 0 Å². The zero-order valence-corrected chi connectivity index (χ0v) is 14.2. The van der Waals surface area contributed by atoms with Crippen molar-refractivity contribution in [2.45, 2.75) is 0 Å². The van der Waals surface area contributed by atoms with E-state index in [1.165, 1.54) is 0 Å². The molecule has 0 aliphatic rings. The van der Waals surface area contributed by atoms with Crippen LogP contribution < -0.4 is 0 Å². The Morgan fingerprint density at radius 1 is 0.500 bits per heavy atom. The van der Waals surface area contributed by atoms with E-state index >= 15 is 0 Å². The van der Waals surface area contributed by atoms with Crippen LogP contribution in [-0.4, -0.2) is 11.7 Å². The molecule has 1 heteroatoms. The van der Waals surface area contributed by atoms with E-state index in [2.05, 4.69) is 35.5 Å². The standard InChI is InChI=1S/C25H16O/c26-20-6-11-24-9-4-5-10-25(24)19-18-23-16-14-22(15-17-23)13-12-21-7-2-1-3-8-21/h1-5,7-10,14-17,26H,20H2. The lowest BCUT2D eigenvalue weighted by Crippen LogP contribution is -1.84. The largest absolute Gasteiger partial charge is 0.384 e. The molecule has 0 amide bonds. The van der Waals surface area contributed by atoms with Gasteiger partial charge in [0.1, 0.15) is 6.61 Å². The lowest BCUT2D eigenvalue weighted by Gasteiger charge is -1.95. The fourth-order valence-electron chi connectivity index (χ4n) is 2.28. The average Bonchev–Trinajstić information content (AvgIpc) is 2.71. The number of benzene rings is 3. The van der Waals surface area contributed by atoms with Crippen LogP contribution in [0.2, 0.25) is 0 Å². The minimum Gasteiger partial charge on any atom is -0.384 e. The van der Waals surface area contributed by atoms with Crippen molar-refractivity contribution in [3.8, 4) is 35.5 Å². The Morgan fingerprint density at radius 3 is 1.54 bits per heavy atom. The number of aliphatic hydroxyl groups is 1. The van der Waals surface area contributed by atoms with Crippen LogP contribution in [0.1, 0.15) is 27.8 Å². The predicted molar refractivity (Wildman–Crippen MR) is 105 cm³/mol. The topological polar surface area (TPSA) is 20.2 Å². The second-order valence-corrected chi connectivity index (χ2v) is 5.45. The molecule has 0 aliphatic carbocycles. The molecular formula is C25H16O. The number of hydrogen-bond acceptors (Lipinski definition) is 1. The maximum Gasteiger partial charge on any atom is 0.104 e. The van der Waals surface area contributed by atoms with Gasteiger partial charge in [-0.2, -0.15) is 0 Å². The molecule has 122 valence electrons. The maximum atomic E-state index is 8.85. The Kier molecular flexibility index (Phi) is 5.90. The Labute approximate surface area is 154 Å². The van der Waals surface area contributed by atoms with Crippen molar-refractivity contribution in [1.82, 2.24) is 0 Å². The summed E-state index contributed by atoms with van der Waals surface area (Å²) in [7, 11) is 0. The van der Waals surface area contributed by atoms with Gasteiger partial charge >= 0.3 is 0 Å². The summed E-state index contributed by atoms with van der Waals surface area (Å²) in [6.07, 6.45) is 0. The van der Waals surface area contributed by atoms with E-state index in [0.29, 0.717) is 0 Å². The van der Waals surface area contributed by atoms with E-state index in [-0.39, 0.29) is 6.61 Å². The molecule has 0 radical (unpaired) electrons. The number of rotatable bonds is 0. The van der Waals surface area contributed by atoms with Gasteiger partial charge in [-0.25, -0.2) is 0 Å². The molecule has 0 aromatic heterocycles. The van der Waals surface area contributed by atoms with Gasteiger partial charge in [-0.1, -0.05) is 65.9 Å². The summed E-state index contributed by atoms with van der Waals surface area (Å²) < 4.78 is 0. The van der Waals surface area contributed by atoms with Crippen molar-refractivity contribution < 1.29 is 5.11 Å². The maximum absolute atomic E-state index is 8.85. The second kappa shape index (κ2) is 8.96. The molecule has 3 aromatic carbocycles. The Balaban J connectivity index is 1.78. The molecule has 0 bridgehead atoms. The van der Waals surface area contributed by atoms with Crippen LogP contribution in [0, 0.1) is 35.5 Å². The molecule has 1 nitrogen and oxygen atoms in total. The predicted octanol–water partition coefficient (Wildman–Crippen LogP) is 3.83. The zero-order chi connectivity index (χ0) is 18.0. The zero-order valence-electron chi connectivity index (χ0n) is 14.2. The smallest absolute Gasteiger partial charge is 0.104 e. The van der Waals surface area contributed by atoms with Gasteiger partial charge in [-0.3, -0.25) is 0 Å². The Bertz CT molecular complexity index is 1060. The van der Waals surface area contributed by atoms with Crippen molar-refractivity contribution in [3.63, 3.8) is 0 Å². The first kappa shape index (κ1) is 17.1. The molecule has 0 unspecified atom stereocenters. The van der Waals surface area contributed by atoms with Crippen molar-refractivity contribution in [3.05, 3.63) is 107 Å². The first-order valence-corrected chi connectivity index (χ1v) is 8.23. The van der Waals surface area contributed by atoms with Crippen molar-refractivity contribution in [2.75, 3.05) is 6.61 Å². The normalized spacial score (nSPS) is 8.96. The first-order valence-electron chi connectivity index (χ1n) is 8.23. The quantitative estimate of drug-likeness (QED) is 0.620. The lowest BCUT2D eigenvalue weighted by atomic mass is 10.1. The van der Waals surface area contributed by atoms with Crippen molar-refractivity contribution >= 4 is 0 Å². The van der Waals surface area contributed by atoms with Gasteiger partial charge in [0.05, 0.1) is 0 Å². The van der Waals surface area contributed by atoms with E-state index in [0.717, 1.165) is 27.8 Å². The minimum absolute atomic E-state index is 0.159. The molecule has 3 aromatic rings. The molecule has 0 fully saturated rings. The summed E-state index contributed by atoms with van der Waals surface area (Å²) in [5, 5.41) is 8.85. The van der Waals surface area contributed by atoms with Gasteiger partial charge in [-0.05, 0) is 48.5 Å². The van der Waals surface area contributed by atoms with Crippen LogP contribution >= 0.6 is 0 Å². The molecule has 26 heavy (non-hydrogen) atoms. The van der Waals surface area contributed by atoms with Crippen molar-refractivity contribution in [1.29, 1.82) is 0 Å². The van der Waals surface area contributed by atoms with E-state index in [9.17, 15) is 0 Å². The SMILES string of the molecule is OCC#Cc1ccccc1C#Cc1ccc(C#Cc2ccccc2)cc1. The highest BCUT2D eigenvalue weighted by Gasteiger charge is 1.95. The van der Waals surface area contributed by atoms with E-state index in [1.807, 2.05) is 78.9 Å². The van der Waals surface area contributed by atoms with Crippen molar-refractivity contribution in [2.24, 2.45) is 0 Å². The minimum atomic E-state index is -0.159. The summed E-state index contributed by atoms with van der Waals surface area (Å²) in [6, 6.07) is 25.4. The molecule has 3 rings (SSSR count). The van der Waals surface area contributed by atoms with Gasteiger partial charge in [0.2, 0.25) is 0 Å². The summed E-state index contributed by atoms with van der Waals surface area (Å²) in [5.74, 6) is 18.2. The molecular weight excluding hydrogens is 316 g/mol. The molecule has 0 saturated heterocycles. The van der Waals surface area contributed by atoms with Gasteiger partial charge in [0.15, 0.2) is 0 Å². The van der Waals surface area contributed by atoms with Crippen LogP contribution in [0.4, 0.5) is 0 Å². The molecule has 0 saturated carbocycles. The van der Waals surface area contributed by atoms with Crippen LogP contribution in [-0.2, 0) is 0 Å². The van der Waals surface area contributed by atoms with Crippen LogP contribution in [0.5, 0.6) is 0 Å². The third-order valence-electron chi connectivity index (χ3n) is 3.58. The fraction of sp³-hybridized carbons (Fsp3) is 0.0400. The first-order chi connectivity index (χ1) is 12.8. The molecule has 1 N–H and O–H groups in total. The molecule has 0 heterocycles. The van der Waals surface area contributed by atoms with Crippen LogP contribution in [0.3, 0.4) is 0 Å². The van der Waals surface area contributed by atoms with Crippen LogP contribution in [0.25, 0.3) is 0 Å². The summed E-state index contributed by atoms with van der Waals surface area (Å²) in [5.41, 5.74) is 4.53. The van der Waals surface area contributed by atoms with Gasteiger partial charge in [0.25, 0.3) is 0 Å². The summed E-state index contributed by atoms with van der Waals surface area (Å²) in [6.45, 7) is -0.159. The molecule has 0 spiro atoms. The average molecular weight is 332 g/mol. The third kappa shape index (κ3) is 4.90. The van der Waals surface area contributed by atoms with Gasteiger partial charge < -0.3 is 5.11 Å².